The van der Waals surface area contributed by atoms with Gasteiger partial charge in [-0.3, -0.25) is 0 Å². The molecule has 0 bridgehead atoms. The van der Waals surface area contributed by atoms with Crippen LogP contribution in [0.4, 0.5) is 0 Å². The molecule has 0 atom stereocenters. The summed E-state index contributed by atoms with van der Waals surface area (Å²) >= 11 is 0. The number of aryl methyl sites for hydroxylation is 2. The third-order valence-corrected chi connectivity index (χ3v) is 4.87. The van der Waals surface area contributed by atoms with Gasteiger partial charge in [0.25, 0.3) is 0 Å². The van der Waals surface area contributed by atoms with Gasteiger partial charge in [0.2, 0.25) is 0 Å². The standard InChI is InChI=1S/C17H26.C11H16/c1-13(12-16(2,3)4)14-8-10-15(11-9-14)17(5,6)7;1-3-7-11-9-6-5-8-10(11)4-2/h8-12H,1-7H3;5-6,8-9H,3-4,7H2,1-2H3/b13-12+;. The van der Waals surface area contributed by atoms with Crippen molar-refractivity contribution in [2.75, 3.05) is 0 Å². The van der Waals surface area contributed by atoms with Gasteiger partial charge in [0, 0.05) is 0 Å². The van der Waals surface area contributed by atoms with Crippen molar-refractivity contribution in [1.29, 1.82) is 0 Å². The zero-order valence-corrected chi connectivity index (χ0v) is 19.8. The summed E-state index contributed by atoms with van der Waals surface area (Å²) in [5.41, 5.74) is 7.59. The molecule has 154 valence electrons. The van der Waals surface area contributed by atoms with Gasteiger partial charge in [-0.05, 0) is 58.4 Å². The van der Waals surface area contributed by atoms with Gasteiger partial charge in [-0.25, -0.2) is 0 Å². The van der Waals surface area contributed by atoms with Crippen LogP contribution in [0.25, 0.3) is 5.57 Å². The Morgan fingerprint density at radius 1 is 0.786 bits per heavy atom. The highest BCUT2D eigenvalue weighted by Gasteiger charge is 2.13. The lowest BCUT2D eigenvalue weighted by atomic mass is 9.85. The van der Waals surface area contributed by atoms with E-state index in [1.54, 1.807) is 0 Å². The van der Waals surface area contributed by atoms with Gasteiger partial charge in [-0.2, -0.15) is 0 Å². The molecule has 0 unspecified atom stereocenters. The van der Waals surface area contributed by atoms with Gasteiger partial charge < -0.3 is 0 Å². The Hall–Kier alpha value is -1.82. The number of allylic oxidation sites excluding steroid dienone is 2. The normalized spacial score (nSPS) is 12.4. The summed E-state index contributed by atoms with van der Waals surface area (Å²) in [6.45, 7) is 20.1. The van der Waals surface area contributed by atoms with E-state index in [2.05, 4.69) is 117 Å². The predicted molar refractivity (Wildman–Crippen MR) is 128 cm³/mol. The minimum absolute atomic E-state index is 0.236. The highest BCUT2D eigenvalue weighted by atomic mass is 14.2. The van der Waals surface area contributed by atoms with E-state index in [4.69, 9.17) is 0 Å². The van der Waals surface area contributed by atoms with E-state index >= 15 is 0 Å². The van der Waals surface area contributed by atoms with E-state index in [1.165, 1.54) is 40.7 Å². The van der Waals surface area contributed by atoms with Gasteiger partial charge in [-0.1, -0.05) is 116 Å². The van der Waals surface area contributed by atoms with Crippen LogP contribution in [0.1, 0.15) is 91.0 Å². The van der Waals surface area contributed by atoms with Crippen LogP contribution in [0, 0.1) is 5.41 Å². The van der Waals surface area contributed by atoms with Crippen LogP contribution in [0.15, 0.2) is 54.6 Å². The quantitative estimate of drug-likeness (QED) is 0.499. The number of benzene rings is 2. The van der Waals surface area contributed by atoms with Gasteiger partial charge in [-0.15, -0.1) is 0 Å². The van der Waals surface area contributed by atoms with Crippen LogP contribution in [0.2, 0.25) is 0 Å². The highest BCUT2D eigenvalue weighted by Crippen LogP contribution is 2.26. The number of rotatable bonds is 4. The molecular weight excluding hydrogens is 336 g/mol. The number of hydrogen-bond donors (Lipinski definition) is 0. The third kappa shape index (κ3) is 8.46. The molecule has 0 aromatic heterocycles. The first-order chi connectivity index (χ1) is 13.0. The molecule has 0 heteroatoms. The van der Waals surface area contributed by atoms with Crippen LogP contribution in [-0.2, 0) is 18.3 Å². The first-order valence-corrected chi connectivity index (χ1v) is 10.8. The van der Waals surface area contributed by atoms with Gasteiger partial charge >= 0.3 is 0 Å². The molecule has 0 N–H and O–H groups in total. The van der Waals surface area contributed by atoms with Crippen LogP contribution in [0.3, 0.4) is 0 Å². The second-order valence-corrected chi connectivity index (χ2v) is 9.89. The molecule has 0 aliphatic rings. The molecule has 2 aromatic rings. The molecule has 2 aromatic carbocycles. The summed E-state index contributed by atoms with van der Waals surface area (Å²) in [5, 5.41) is 0. The molecule has 0 radical (unpaired) electrons. The summed E-state index contributed by atoms with van der Waals surface area (Å²) < 4.78 is 0. The van der Waals surface area contributed by atoms with Crippen molar-refractivity contribution in [2.24, 2.45) is 5.41 Å². The minimum Gasteiger partial charge on any atom is -0.0756 e. The van der Waals surface area contributed by atoms with Crippen molar-refractivity contribution in [3.8, 4) is 0 Å². The highest BCUT2D eigenvalue weighted by molar-refractivity contribution is 5.64. The van der Waals surface area contributed by atoms with E-state index in [0.717, 1.165) is 6.42 Å². The van der Waals surface area contributed by atoms with Crippen molar-refractivity contribution >= 4 is 5.57 Å². The van der Waals surface area contributed by atoms with Crippen molar-refractivity contribution < 1.29 is 0 Å². The maximum absolute atomic E-state index is 2.33. The lowest BCUT2D eigenvalue weighted by Gasteiger charge is -2.20. The molecular formula is C28H42. The predicted octanol–water partition coefficient (Wildman–Crippen LogP) is 8.64. The topological polar surface area (TPSA) is 0 Å². The fraction of sp³-hybridized carbons (Fsp3) is 0.500. The summed E-state index contributed by atoms with van der Waals surface area (Å²) in [5.74, 6) is 0. The molecule has 0 spiro atoms. The molecule has 2 rings (SSSR count). The summed E-state index contributed by atoms with van der Waals surface area (Å²) in [6, 6.07) is 17.7. The number of hydrogen-bond acceptors (Lipinski definition) is 0. The Labute approximate surface area is 175 Å². The van der Waals surface area contributed by atoms with E-state index in [0.29, 0.717) is 0 Å². The van der Waals surface area contributed by atoms with Crippen LogP contribution in [0.5, 0.6) is 0 Å². The second-order valence-electron chi connectivity index (χ2n) is 9.89. The Morgan fingerprint density at radius 3 is 1.75 bits per heavy atom. The Kier molecular flexibility index (Phi) is 9.21. The molecule has 0 aliphatic carbocycles. The average molecular weight is 379 g/mol. The van der Waals surface area contributed by atoms with Crippen molar-refractivity contribution in [3.63, 3.8) is 0 Å². The fourth-order valence-electron chi connectivity index (χ4n) is 3.38. The Morgan fingerprint density at radius 2 is 1.32 bits per heavy atom. The smallest absolute Gasteiger partial charge is 0.0132 e. The summed E-state index contributed by atoms with van der Waals surface area (Å²) in [4.78, 5) is 0. The first kappa shape index (κ1) is 24.2. The Balaban J connectivity index is 0.000000307. The fourth-order valence-corrected chi connectivity index (χ4v) is 3.38. The van der Waals surface area contributed by atoms with Crippen molar-refractivity contribution in [3.05, 3.63) is 76.9 Å². The molecule has 0 fully saturated rings. The van der Waals surface area contributed by atoms with E-state index in [-0.39, 0.29) is 10.8 Å². The van der Waals surface area contributed by atoms with Crippen LogP contribution in [-0.4, -0.2) is 0 Å². The van der Waals surface area contributed by atoms with Crippen LogP contribution >= 0.6 is 0 Å². The summed E-state index contributed by atoms with van der Waals surface area (Å²) in [7, 11) is 0. The SMILES string of the molecule is C/C(=C\C(C)(C)C)c1ccc(C(C)(C)C)cc1.CCCc1ccccc1CC. The van der Waals surface area contributed by atoms with E-state index in [1.807, 2.05) is 0 Å². The monoisotopic (exact) mass is 378 g/mol. The van der Waals surface area contributed by atoms with E-state index < -0.39 is 0 Å². The molecule has 0 heterocycles. The lowest BCUT2D eigenvalue weighted by Crippen LogP contribution is -2.10. The lowest BCUT2D eigenvalue weighted by molar-refractivity contribution is 0.545. The second kappa shape index (κ2) is 10.6. The van der Waals surface area contributed by atoms with Crippen molar-refractivity contribution in [1.82, 2.24) is 0 Å². The summed E-state index contributed by atoms with van der Waals surface area (Å²) in [6.07, 6.45) is 5.97. The molecule has 0 amide bonds. The first-order valence-electron chi connectivity index (χ1n) is 10.8. The molecule has 0 nitrogen and oxygen atoms in total. The van der Waals surface area contributed by atoms with E-state index in [9.17, 15) is 0 Å². The van der Waals surface area contributed by atoms with Gasteiger partial charge in [0.05, 0.1) is 0 Å². The van der Waals surface area contributed by atoms with Crippen molar-refractivity contribution in [2.45, 2.75) is 87.0 Å². The van der Waals surface area contributed by atoms with Crippen LogP contribution < -0.4 is 0 Å². The van der Waals surface area contributed by atoms with Gasteiger partial charge in [0.1, 0.15) is 0 Å². The molecule has 0 saturated carbocycles. The average Bonchev–Trinajstić information content (AvgIpc) is 2.61. The zero-order chi connectivity index (χ0) is 21.4. The zero-order valence-electron chi connectivity index (χ0n) is 19.8. The molecule has 28 heavy (non-hydrogen) atoms. The maximum atomic E-state index is 2.33. The minimum atomic E-state index is 0.236. The Bertz CT molecular complexity index is 731. The third-order valence-electron chi connectivity index (χ3n) is 4.87. The largest absolute Gasteiger partial charge is 0.0756 e. The molecule has 0 saturated heterocycles. The van der Waals surface area contributed by atoms with Gasteiger partial charge in [0.15, 0.2) is 0 Å². The molecule has 0 aliphatic heterocycles. The maximum Gasteiger partial charge on any atom is -0.0132 e.